The van der Waals surface area contributed by atoms with Gasteiger partial charge in [-0.3, -0.25) is 0 Å². The van der Waals surface area contributed by atoms with E-state index in [0.29, 0.717) is 19.0 Å². The summed E-state index contributed by atoms with van der Waals surface area (Å²) in [6.07, 6.45) is 3.11. The van der Waals surface area contributed by atoms with Gasteiger partial charge in [-0.25, -0.2) is 12.7 Å². The normalized spacial score (nSPS) is 19.1. The first-order valence-corrected chi connectivity index (χ1v) is 8.73. The van der Waals surface area contributed by atoms with Crippen molar-refractivity contribution < 1.29 is 8.42 Å². The molecule has 0 N–H and O–H groups in total. The van der Waals surface area contributed by atoms with Gasteiger partial charge < -0.3 is 0 Å². The van der Waals surface area contributed by atoms with Crippen LogP contribution in [0.5, 0.6) is 0 Å². The van der Waals surface area contributed by atoms with Crippen molar-refractivity contribution in [3.05, 3.63) is 33.8 Å². The van der Waals surface area contributed by atoms with Gasteiger partial charge in [0.05, 0.1) is 6.26 Å². The van der Waals surface area contributed by atoms with E-state index in [-0.39, 0.29) is 0 Å². The van der Waals surface area contributed by atoms with E-state index in [2.05, 4.69) is 41.1 Å². The summed E-state index contributed by atoms with van der Waals surface area (Å²) in [4.78, 5) is 0. The van der Waals surface area contributed by atoms with Gasteiger partial charge in [0, 0.05) is 17.6 Å². The Bertz CT molecular complexity index is 534. The molecule has 1 heterocycles. The molecule has 5 heteroatoms. The second-order valence-corrected chi connectivity index (χ2v) is 7.78. The highest BCUT2D eigenvalue weighted by Gasteiger charge is 2.25. The number of benzene rings is 1. The summed E-state index contributed by atoms with van der Waals surface area (Å²) >= 11 is 3.50. The molecule has 18 heavy (non-hydrogen) atoms. The molecule has 1 saturated heterocycles. The van der Waals surface area contributed by atoms with Crippen LogP contribution in [0.15, 0.2) is 22.7 Å². The molecule has 0 aliphatic carbocycles. The molecule has 0 amide bonds. The Morgan fingerprint density at radius 2 is 1.89 bits per heavy atom. The van der Waals surface area contributed by atoms with Crippen molar-refractivity contribution in [3.8, 4) is 0 Å². The second kappa shape index (κ2) is 5.31. The van der Waals surface area contributed by atoms with Crippen LogP contribution in [0, 0.1) is 6.92 Å². The maximum atomic E-state index is 11.4. The highest BCUT2D eigenvalue weighted by molar-refractivity contribution is 9.10. The quantitative estimate of drug-likeness (QED) is 0.835. The fourth-order valence-corrected chi connectivity index (χ4v) is 3.56. The Hall–Kier alpha value is -0.390. The van der Waals surface area contributed by atoms with E-state index < -0.39 is 10.0 Å². The summed E-state index contributed by atoms with van der Waals surface area (Å²) in [6.45, 7) is 3.36. The first-order valence-electron chi connectivity index (χ1n) is 6.09. The smallest absolute Gasteiger partial charge is 0.211 e. The van der Waals surface area contributed by atoms with E-state index in [1.807, 2.05) is 0 Å². The second-order valence-electron chi connectivity index (χ2n) is 4.94. The van der Waals surface area contributed by atoms with Gasteiger partial charge in [0.2, 0.25) is 10.0 Å². The van der Waals surface area contributed by atoms with Gasteiger partial charge in [0.25, 0.3) is 0 Å². The SMILES string of the molecule is Cc1cc(C2CCN(S(C)(=O)=O)CC2)ccc1Br. The molecule has 1 aliphatic rings. The zero-order valence-electron chi connectivity index (χ0n) is 10.7. The van der Waals surface area contributed by atoms with E-state index in [1.54, 1.807) is 4.31 Å². The Labute approximate surface area is 117 Å². The van der Waals surface area contributed by atoms with Gasteiger partial charge in [-0.15, -0.1) is 0 Å². The zero-order valence-corrected chi connectivity index (χ0v) is 13.1. The monoisotopic (exact) mass is 331 g/mol. The number of nitrogens with zero attached hydrogens (tertiary/aromatic N) is 1. The van der Waals surface area contributed by atoms with Gasteiger partial charge in [-0.2, -0.15) is 0 Å². The molecule has 0 atom stereocenters. The highest BCUT2D eigenvalue weighted by Crippen LogP contribution is 2.30. The Morgan fingerprint density at radius 3 is 2.39 bits per heavy atom. The molecule has 0 radical (unpaired) electrons. The Balaban J connectivity index is 2.08. The lowest BCUT2D eigenvalue weighted by atomic mass is 9.89. The summed E-state index contributed by atoms with van der Waals surface area (Å²) in [6, 6.07) is 6.41. The van der Waals surface area contributed by atoms with Gasteiger partial charge in [-0.05, 0) is 42.9 Å². The zero-order chi connectivity index (χ0) is 13.3. The third kappa shape index (κ3) is 3.13. The van der Waals surface area contributed by atoms with Crippen molar-refractivity contribution in [2.45, 2.75) is 25.7 Å². The predicted octanol–water partition coefficient (Wildman–Crippen LogP) is 2.90. The summed E-state index contributed by atoms with van der Waals surface area (Å²) < 4.78 is 25.6. The van der Waals surface area contributed by atoms with E-state index in [1.165, 1.54) is 17.4 Å². The van der Waals surface area contributed by atoms with Crippen molar-refractivity contribution in [1.29, 1.82) is 0 Å². The van der Waals surface area contributed by atoms with Crippen LogP contribution in [0.25, 0.3) is 0 Å². The van der Waals surface area contributed by atoms with Crippen molar-refractivity contribution in [1.82, 2.24) is 4.31 Å². The van der Waals surface area contributed by atoms with Gasteiger partial charge in [-0.1, -0.05) is 28.1 Å². The molecule has 0 spiro atoms. The maximum Gasteiger partial charge on any atom is 0.211 e. The Kier molecular flexibility index (Phi) is 4.14. The van der Waals surface area contributed by atoms with E-state index in [0.717, 1.165) is 17.3 Å². The lowest BCUT2D eigenvalue weighted by Gasteiger charge is -2.30. The fraction of sp³-hybridized carbons (Fsp3) is 0.538. The molecule has 2 rings (SSSR count). The highest BCUT2D eigenvalue weighted by atomic mass is 79.9. The van der Waals surface area contributed by atoms with Crippen LogP contribution in [0.3, 0.4) is 0 Å². The number of hydrogen-bond acceptors (Lipinski definition) is 2. The molecule has 0 bridgehead atoms. The van der Waals surface area contributed by atoms with Gasteiger partial charge in [0.15, 0.2) is 0 Å². The van der Waals surface area contributed by atoms with Crippen molar-refractivity contribution >= 4 is 26.0 Å². The molecule has 1 aromatic rings. The minimum atomic E-state index is -3.02. The molecular weight excluding hydrogens is 314 g/mol. The summed E-state index contributed by atoms with van der Waals surface area (Å²) in [5.74, 6) is 0.481. The van der Waals surface area contributed by atoms with Crippen LogP contribution in [0.2, 0.25) is 0 Å². The molecule has 1 aromatic carbocycles. The molecule has 1 aliphatic heterocycles. The third-order valence-corrected chi connectivity index (χ3v) is 5.77. The van der Waals surface area contributed by atoms with E-state index >= 15 is 0 Å². The van der Waals surface area contributed by atoms with Crippen molar-refractivity contribution in [3.63, 3.8) is 0 Å². The number of hydrogen-bond donors (Lipinski definition) is 0. The van der Waals surface area contributed by atoms with Crippen LogP contribution < -0.4 is 0 Å². The number of aryl methyl sites for hydroxylation is 1. The number of rotatable bonds is 2. The van der Waals surface area contributed by atoms with Gasteiger partial charge >= 0.3 is 0 Å². The lowest BCUT2D eigenvalue weighted by molar-refractivity contribution is 0.321. The molecule has 0 saturated carbocycles. The topological polar surface area (TPSA) is 37.4 Å². The molecule has 1 fully saturated rings. The van der Waals surface area contributed by atoms with Crippen LogP contribution in [-0.2, 0) is 10.0 Å². The van der Waals surface area contributed by atoms with E-state index in [9.17, 15) is 8.42 Å². The molecule has 0 unspecified atom stereocenters. The molecule has 100 valence electrons. The number of sulfonamides is 1. The molecule has 3 nitrogen and oxygen atoms in total. The first-order chi connectivity index (χ1) is 8.38. The third-order valence-electron chi connectivity index (χ3n) is 3.58. The van der Waals surface area contributed by atoms with E-state index in [4.69, 9.17) is 0 Å². The lowest BCUT2D eigenvalue weighted by Crippen LogP contribution is -2.37. The summed E-state index contributed by atoms with van der Waals surface area (Å²) in [7, 11) is -3.02. The van der Waals surface area contributed by atoms with Crippen LogP contribution in [-0.4, -0.2) is 32.1 Å². The van der Waals surface area contributed by atoms with Crippen molar-refractivity contribution in [2.24, 2.45) is 0 Å². The standard InChI is InChI=1S/C13H18BrNO2S/c1-10-9-12(3-4-13(10)14)11-5-7-15(8-6-11)18(2,16)17/h3-4,9,11H,5-8H2,1-2H3. The average Bonchev–Trinajstić information content (AvgIpc) is 2.32. The minimum absolute atomic E-state index is 0.481. The van der Waals surface area contributed by atoms with Crippen LogP contribution in [0.1, 0.15) is 29.9 Å². The maximum absolute atomic E-state index is 11.4. The van der Waals surface area contributed by atoms with Crippen LogP contribution >= 0.6 is 15.9 Å². The molecular formula is C13H18BrNO2S. The fourth-order valence-electron chi connectivity index (χ4n) is 2.44. The minimum Gasteiger partial charge on any atom is -0.213 e. The summed E-state index contributed by atoms with van der Waals surface area (Å²) in [5, 5.41) is 0. The largest absolute Gasteiger partial charge is 0.213 e. The predicted molar refractivity (Wildman–Crippen MR) is 77.3 cm³/mol. The average molecular weight is 332 g/mol. The van der Waals surface area contributed by atoms with Crippen molar-refractivity contribution in [2.75, 3.05) is 19.3 Å². The summed E-state index contributed by atoms with van der Waals surface area (Å²) in [5.41, 5.74) is 2.56. The van der Waals surface area contributed by atoms with Gasteiger partial charge in [0.1, 0.15) is 0 Å². The van der Waals surface area contributed by atoms with Crippen LogP contribution in [0.4, 0.5) is 0 Å². The number of piperidine rings is 1. The molecule has 0 aromatic heterocycles. The first kappa shape index (κ1) is 14.0. The Morgan fingerprint density at radius 1 is 1.28 bits per heavy atom. The number of halogens is 1.